The minimum absolute atomic E-state index is 0.298. The van der Waals surface area contributed by atoms with E-state index in [1.165, 1.54) is 0 Å². The number of benzene rings is 1. The molecule has 0 fully saturated rings. The molecule has 25 heavy (non-hydrogen) atoms. The molecule has 0 saturated carbocycles. The number of pyridine rings is 1. The van der Waals surface area contributed by atoms with Gasteiger partial charge in [-0.3, -0.25) is 4.40 Å². The van der Waals surface area contributed by atoms with Crippen LogP contribution in [-0.2, 0) is 4.74 Å². The third-order valence-corrected chi connectivity index (χ3v) is 3.81. The molecule has 4 rings (SSSR count). The van der Waals surface area contributed by atoms with E-state index in [2.05, 4.69) is 10.2 Å². The summed E-state index contributed by atoms with van der Waals surface area (Å²) in [5.41, 5.74) is 1.69. The molecule has 0 radical (unpaired) electrons. The Labute approximate surface area is 142 Å². The lowest BCUT2D eigenvalue weighted by Gasteiger charge is -2.04. The highest BCUT2D eigenvalue weighted by atomic mass is 16.5. The summed E-state index contributed by atoms with van der Waals surface area (Å²) in [7, 11) is 0. The molecular formula is C18H15N3O4. The maximum Gasteiger partial charge on any atom is 0.342 e. The number of carbonyl (C=O) groups excluding carboxylic acids is 1. The Morgan fingerprint density at radius 3 is 2.96 bits per heavy atom. The Bertz CT molecular complexity index is 1080. The first-order valence-electron chi connectivity index (χ1n) is 7.85. The third kappa shape index (κ3) is 2.59. The molecule has 0 aliphatic heterocycles. The van der Waals surface area contributed by atoms with Crippen LogP contribution in [-0.4, -0.2) is 27.2 Å². The summed E-state index contributed by atoms with van der Waals surface area (Å²) in [5.74, 6) is 0.624. The summed E-state index contributed by atoms with van der Waals surface area (Å²) in [6, 6.07) is 11.2. The number of carbonyl (C=O) groups is 1. The number of furan rings is 1. The SMILES string of the molecule is CCOC(=O)c1c(C)oc2ccc(Oc3nnc4ccccn34)cc12. The van der Waals surface area contributed by atoms with Crippen LogP contribution in [0.2, 0.25) is 0 Å². The van der Waals surface area contributed by atoms with Crippen molar-refractivity contribution in [2.45, 2.75) is 13.8 Å². The second kappa shape index (κ2) is 5.94. The van der Waals surface area contributed by atoms with Gasteiger partial charge in [-0.15, -0.1) is 5.10 Å². The average Bonchev–Trinajstić information content (AvgIpc) is 3.15. The summed E-state index contributed by atoms with van der Waals surface area (Å²) in [6.45, 7) is 3.80. The van der Waals surface area contributed by atoms with Gasteiger partial charge in [-0.05, 0) is 44.2 Å². The number of fused-ring (bicyclic) bond motifs is 2. The predicted octanol–water partition coefficient (Wildman–Crippen LogP) is 3.75. The van der Waals surface area contributed by atoms with Crippen LogP contribution in [0, 0.1) is 6.92 Å². The van der Waals surface area contributed by atoms with Gasteiger partial charge in [-0.25, -0.2) is 4.79 Å². The molecule has 1 aromatic carbocycles. The number of hydrogen-bond acceptors (Lipinski definition) is 6. The van der Waals surface area contributed by atoms with Crippen molar-refractivity contribution in [2.24, 2.45) is 0 Å². The van der Waals surface area contributed by atoms with Crippen LogP contribution in [0.15, 0.2) is 47.0 Å². The van der Waals surface area contributed by atoms with E-state index in [0.717, 1.165) is 0 Å². The first-order chi connectivity index (χ1) is 12.2. The zero-order valence-corrected chi connectivity index (χ0v) is 13.7. The van der Waals surface area contributed by atoms with E-state index in [9.17, 15) is 4.79 Å². The number of aromatic nitrogens is 3. The number of rotatable bonds is 4. The second-order valence-electron chi connectivity index (χ2n) is 5.43. The fourth-order valence-corrected chi connectivity index (χ4v) is 2.71. The lowest BCUT2D eigenvalue weighted by molar-refractivity contribution is 0.0526. The van der Waals surface area contributed by atoms with E-state index in [4.69, 9.17) is 13.9 Å². The number of nitrogens with zero attached hydrogens (tertiary/aromatic N) is 3. The van der Waals surface area contributed by atoms with Gasteiger partial charge in [-0.1, -0.05) is 11.2 Å². The number of esters is 1. The summed E-state index contributed by atoms with van der Waals surface area (Å²) in [6.07, 6.45) is 1.81. The monoisotopic (exact) mass is 337 g/mol. The molecule has 0 atom stereocenters. The molecule has 0 bridgehead atoms. The highest BCUT2D eigenvalue weighted by Gasteiger charge is 2.20. The van der Waals surface area contributed by atoms with Crippen LogP contribution >= 0.6 is 0 Å². The van der Waals surface area contributed by atoms with Crippen molar-refractivity contribution < 1.29 is 18.7 Å². The van der Waals surface area contributed by atoms with Crippen LogP contribution < -0.4 is 4.74 Å². The van der Waals surface area contributed by atoms with Crippen molar-refractivity contribution in [1.82, 2.24) is 14.6 Å². The molecule has 7 heteroatoms. The van der Waals surface area contributed by atoms with E-state index in [0.29, 0.717) is 46.3 Å². The van der Waals surface area contributed by atoms with Gasteiger partial charge in [0, 0.05) is 11.6 Å². The van der Waals surface area contributed by atoms with E-state index in [-0.39, 0.29) is 0 Å². The van der Waals surface area contributed by atoms with Gasteiger partial charge < -0.3 is 13.9 Å². The average molecular weight is 337 g/mol. The third-order valence-electron chi connectivity index (χ3n) is 3.81. The molecule has 7 nitrogen and oxygen atoms in total. The van der Waals surface area contributed by atoms with E-state index in [1.54, 1.807) is 36.4 Å². The van der Waals surface area contributed by atoms with E-state index >= 15 is 0 Å². The summed E-state index contributed by atoms with van der Waals surface area (Å²) < 4.78 is 18.3. The predicted molar refractivity (Wildman–Crippen MR) is 90.0 cm³/mol. The van der Waals surface area contributed by atoms with Crippen molar-refractivity contribution in [3.8, 4) is 11.8 Å². The summed E-state index contributed by atoms with van der Waals surface area (Å²) >= 11 is 0. The highest BCUT2D eigenvalue weighted by Crippen LogP contribution is 2.31. The maximum absolute atomic E-state index is 12.2. The molecule has 0 unspecified atom stereocenters. The molecular weight excluding hydrogens is 322 g/mol. The van der Waals surface area contributed by atoms with Crippen LogP contribution in [0.1, 0.15) is 23.0 Å². The minimum atomic E-state index is -0.413. The van der Waals surface area contributed by atoms with Crippen LogP contribution in [0.4, 0.5) is 0 Å². The van der Waals surface area contributed by atoms with Crippen LogP contribution in [0.5, 0.6) is 11.8 Å². The van der Waals surface area contributed by atoms with Gasteiger partial charge in [0.2, 0.25) is 0 Å². The molecule has 0 amide bonds. The van der Waals surface area contributed by atoms with Crippen molar-refractivity contribution in [3.63, 3.8) is 0 Å². The molecule has 0 aliphatic rings. The summed E-state index contributed by atoms with van der Waals surface area (Å²) in [4.78, 5) is 12.2. The molecule has 3 heterocycles. The fourth-order valence-electron chi connectivity index (χ4n) is 2.71. The zero-order chi connectivity index (χ0) is 17.4. The number of aryl methyl sites for hydroxylation is 1. The number of hydrogen-bond donors (Lipinski definition) is 0. The van der Waals surface area contributed by atoms with Crippen LogP contribution in [0.25, 0.3) is 16.6 Å². The summed E-state index contributed by atoms with van der Waals surface area (Å²) in [5, 5.41) is 8.73. The topological polar surface area (TPSA) is 78.9 Å². The molecule has 0 spiro atoms. The smallest absolute Gasteiger partial charge is 0.342 e. The molecule has 0 aliphatic carbocycles. The molecule has 3 aromatic heterocycles. The molecule has 126 valence electrons. The maximum atomic E-state index is 12.2. The Balaban J connectivity index is 1.75. The van der Waals surface area contributed by atoms with Gasteiger partial charge in [-0.2, -0.15) is 0 Å². The lowest BCUT2D eigenvalue weighted by atomic mass is 10.1. The van der Waals surface area contributed by atoms with Gasteiger partial charge in [0.15, 0.2) is 5.65 Å². The Kier molecular flexibility index (Phi) is 3.61. The molecule has 4 aromatic rings. The standard InChI is InChI=1S/C18H15N3O4/c1-3-23-17(22)16-11(2)24-14-8-7-12(10-13(14)16)25-18-20-19-15-6-4-5-9-21(15)18/h4-10H,3H2,1-2H3. The van der Waals surface area contributed by atoms with E-state index < -0.39 is 5.97 Å². The highest BCUT2D eigenvalue weighted by molar-refractivity contribution is 6.04. The molecule has 0 N–H and O–H groups in total. The first kappa shape index (κ1) is 15.2. The van der Waals surface area contributed by atoms with Crippen molar-refractivity contribution in [3.05, 3.63) is 53.9 Å². The Hall–Kier alpha value is -3.35. The Morgan fingerprint density at radius 2 is 2.12 bits per heavy atom. The lowest BCUT2D eigenvalue weighted by Crippen LogP contribution is -2.05. The quantitative estimate of drug-likeness (QED) is 0.528. The van der Waals surface area contributed by atoms with Crippen molar-refractivity contribution >= 4 is 22.6 Å². The van der Waals surface area contributed by atoms with Crippen molar-refractivity contribution in [1.29, 1.82) is 0 Å². The van der Waals surface area contributed by atoms with E-state index in [1.807, 2.05) is 24.4 Å². The van der Waals surface area contributed by atoms with Gasteiger partial charge in [0.25, 0.3) is 0 Å². The fraction of sp³-hybridized carbons (Fsp3) is 0.167. The first-order valence-corrected chi connectivity index (χ1v) is 7.85. The van der Waals surface area contributed by atoms with Gasteiger partial charge in [0.05, 0.1) is 6.61 Å². The van der Waals surface area contributed by atoms with Gasteiger partial charge >= 0.3 is 12.0 Å². The molecule has 0 saturated heterocycles. The Morgan fingerprint density at radius 1 is 1.24 bits per heavy atom. The normalized spacial score (nSPS) is 11.1. The largest absolute Gasteiger partial charge is 0.462 e. The minimum Gasteiger partial charge on any atom is -0.462 e. The number of ether oxygens (including phenoxy) is 2. The van der Waals surface area contributed by atoms with Crippen LogP contribution in [0.3, 0.4) is 0 Å². The second-order valence-corrected chi connectivity index (χ2v) is 5.43. The zero-order valence-electron chi connectivity index (χ0n) is 13.7. The van der Waals surface area contributed by atoms with Gasteiger partial charge in [0.1, 0.15) is 22.7 Å². The van der Waals surface area contributed by atoms with Crippen molar-refractivity contribution in [2.75, 3.05) is 6.61 Å².